The summed E-state index contributed by atoms with van der Waals surface area (Å²) < 4.78 is 5.45. The third kappa shape index (κ3) is 7.34. The highest BCUT2D eigenvalue weighted by Crippen LogP contribution is 2.23. The molecule has 30 heavy (non-hydrogen) atoms. The first-order valence-electron chi connectivity index (χ1n) is 10.8. The number of carbonyl (C=O) groups excluding carboxylic acids is 2. The zero-order valence-corrected chi connectivity index (χ0v) is 18.3. The number of nitrogens with one attached hydrogen (secondary N) is 2. The van der Waals surface area contributed by atoms with E-state index in [0.29, 0.717) is 25.8 Å². The SMILES string of the molecule is CCCN1CCC(C#N)(NC(=O)C(CC(C)C)OC(=O)NCc2ccccc2)CC1. The minimum atomic E-state index is -0.931. The lowest BCUT2D eigenvalue weighted by Crippen LogP contribution is -2.57. The highest BCUT2D eigenvalue weighted by molar-refractivity contribution is 5.84. The van der Waals surface area contributed by atoms with Crippen LogP contribution in [0.15, 0.2) is 30.3 Å². The van der Waals surface area contributed by atoms with Crippen molar-refractivity contribution in [2.45, 2.75) is 64.6 Å². The number of piperidine rings is 1. The molecule has 0 bridgehead atoms. The Kier molecular flexibility index (Phi) is 9.13. The number of hydrogen-bond donors (Lipinski definition) is 2. The minimum Gasteiger partial charge on any atom is -0.436 e. The Morgan fingerprint density at radius 3 is 2.47 bits per heavy atom. The second-order valence-corrected chi connectivity index (χ2v) is 8.39. The molecule has 1 unspecified atom stereocenters. The van der Waals surface area contributed by atoms with Gasteiger partial charge in [0.15, 0.2) is 6.10 Å². The van der Waals surface area contributed by atoms with Crippen molar-refractivity contribution in [3.8, 4) is 6.07 Å². The van der Waals surface area contributed by atoms with E-state index in [1.54, 1.807) is 0 Å². The second-order valence-electron chi connectivity index (χ2n) is 8.39. The summed E-state index contributed by atoms with van der Waals surface area (Å²) in [7, 11) is 0. The first kappa shape index (κ1) is 23.7. The zero-order chi connectivity index (χ0) is 22.0. The van der Waals surface area contributed by atoms with Gasteiger partial charge in [-0.3, -0.25) is 4.79 Å². The van der Waals surface area contributed by atoms with Gasteiger partial charge in [-0.1, -0.05) is 51.1 Å². The van der Waals surface area contributed by atoms with Gasteiger partial charge in [0.1, 0.15) is 5.54 Å². The third-order valence-corrected chi connectivity index (χ3v) is 5.33. The van der Waals surface area contributed by atoms with Crippen molar-refractivity contribution in [3.05, 3.63) is 35.9 Å². The van der Waals surface area contributed by atoms with Crippen LogP contribution in [0, 0.1) is 17.2 Å². The predicted molar refractivity (Wildman–Crippen MR) is 115 cm³/mol. The molecule has 7 heteroatoms. The fourth-order valence-corrected chi connectivity index (χ4v) is 3.63. The van der Waals surface area contributed by atoms with Gasteiger partial charge in [0.2, 0.25) is 0 Å². The molecule has 7 nitrogen and oxygen atoms in total. The molecule has 2 amide bonds. The Bertz CT molecular complexity index is 722. The van der Waals surface area contributed by atoms with Crippen LogP contribution in [0.25, 0.3) is 0 Å². The maximum absolute atomic E-state index is 12.9. The van der Waals surface area contributed by atoms with Crippen molar-refractivity contribution in [2.75, 3.05) is 19.6 Å². The van der Waals surface area contributed by atoms with E-state index < -0.39 is 23.6 Å². The third-order valence-electron chi connectivity index (χ3n) is 5.33. The van der Waals surface area contributed by atoms with Crippen LogP contribution in [0.3, 0.4) is 0 Å². The molecule has 0 aromatic heterocycles. The van der Waals surface area contributed by atoms with Crippen LogP contribution in [0.1, 0.15) is 52.0 Å². The molecule has 1 aromatic carbocycles. The van der Waals surface area contributed by atoms with Crippen LogP contribution >= 0.6 is 0 Å². The van der Waals surface area contributed by atoms with Crippen molar-refractivity contribution >= 4 is 12.0 Å². The topological polar surface area (TPSA) is 94.5 Å². The molecule has 0 aliphatic carbocycles. The number of likely N-dealkylation sites (tertiary alicyclic amines) is 1. The summed E-state index contributed by atoms with van der Waals surface area (Å²) in [5, 5.41) is 15.3. The van der Waals surface area contributed by atoms with Crippen LogP contribution in [-0.4, -0.2) is 48.2 Å². The molecule has 164 valence electrons. The smallest absolute Gasteiger partial charge is 0.408 e. The van der Waals surface area contributed by atoms with E-state index in [9.17, 15) is 14.9 Å². The summed E-state index contributed by atoms with van der Waals surface area (Å²) in [6, 6.07) is 11.8. The number of amides is 2. The van der Waals surface area contributed by atoms with Gasteiger partial charge in [-0.15, -0.1) is 0 Å². The molecule has 2 N–H and O–H groups in total. The Balaban J connectivity index is 1.95. The average Bonchev–Trinajstić information content (AvgIpc) is 2.74. The van der Waals surface area contributed by atoms with E-state index >= 15 is 0 Å². The summed E-state index contributed by atoms with van der Waals surface area (Å²) in [4.78, 5) is 27.5. The molecular weight excluding hydrogens is 380 g/mol. The normalized spacial score (nSPS) is 17.0. The maximum Gasteiger partial charge on any atom is 0.408 e. The van der Waals surface area contributed by atoms with E-state index in [4.69, 9.17) is 4.74 Å². The number of nitrogens with zero attached hydrogens (tertiary/aromatic N) is 2. The zero-order valence-electron chi connectivity index (χ0n) is 18.3. The molecule has 1 heterocycles. The molecule has 2 rings (SSSR count). The summed E-state index contributed by atoms with van der Waals surface area (Å²) in [5.74, 6) is -0.240. The van der Waals surface area contributed by atoms with Crippen LogP contribution in [0.4, 0.5) is 4.79 Å². The lowest BCUT2D eigenvalue weighted by atomic mass is 9.88. The van der Waals surface area contributed by atoms with E-state index in [0.717, 1.165) is 31.6 Å². The first-order chi connectivity index (χ1) is 14.4. The average molecular weight is 415 g/mol. The highest BCUT2D eigenvalue weighted by atomic mass is 16.6. The summed E-state index contributed by atoms with van der Waals surface area (Å²) in [6.45, 7) is 8.93. The number of carbonyl (C=O) groups is 2. The fraction of sp³-hybridized carbons (Fsp3) is 0.609. The van der Waals surface area contributed by atoms with Crippen molar-refractivity contribution < 1.29 is 14.3 Å². The predicted octanol–water partition coefficient (Wildman–Crippen LogP) is 3.21. The van der Waals surface area contributed by atoms with Gasteiger partial charge in [0, 0.05) is 19.6 Å². The number of nitriles is 1. The van der Waals surface area contributed by atoms with Gasteiger partial charge in [-0.25, -0.2) is 4.79 Å². The molecule has 1 fully saturated rings. The fourth-order valence-electron chi connectivity index (χ4n) is 3.63. The molecular formula is C23H34N4O3. The second kappa shape index (κ2) is 11.6. The Labute approximate surface area is 179 Å². The van der Waals surface area contributed by atoms with E-state index in [2.05, 4.69) is 28.5 Å². The van der Waals surface area contributed by atoms with E-state index in [1.807, 2.05) is 44.2 Å². The minimum absolute atomic E-state index is 0.159. The van der Waals surface area contributed by atoms with E-state index in [1.165, 1.54) is 0 Å². The molecule has 0 radical (unpaired) electrons. The van der Waals surface area contributed by atoms with Crippen molar-refractivity contribution in [1.82, 2.24) is 15.5 Å². The van der Waals surface area contributed by atoms with Crippen molar-refractivity contribution in [3.63, 3.8) is 0 Å². The summed E-state index contributed by atoms with van der Waals surface area (Å²) >= 11 is 0. The van der Waals surface area contributed by atoms with Gasteiger partial charge in [0.25, 0.3) is 5.91 Å². The Hall–Kier alpha value is -2.59. The van der Waals surface area contributed by atoms with Crippen molar-refractivity contribution in [2.24, 2.45) is 5.92 Å². The van der Waals surface area contributed by atoms with Crippen LogP contribution < -0.4 is 10.6 Å². The van der Waals surface area contributed by atoms with Crippen LogP contribution in [-0.2, 0) is 16.1 Å². The van der Waals surface area contributed by atoms with E-state index in [-0.39, 0.29) is 5.92 Å². The molecule has 1 aliphatic rings. The van der Waals surface area contributed by atoms with Gasteiger partial charge >= 0.3 is 6.09 Å². The van der Waals surface area contributed by atoms with Gasteiger partial charge in [0.05, 0.1) is 6.07 Å². The standard InChI is InChI=1S/C23H34N4O3/c1-4-12-27-13-10-23(17-24,11-14-27)26-21(28)20(15-18(2)3)30-22(29)25-16-19-8-6-5-7-9-19/h5-9,18,20H,4,10-16H2,1-3H3,(H,25,29)(H,26,28). The molecule has 0 spiro atoms. The Morgan fingerprint density at radius 1 is 1.23 bits per heavy atom. The largest absolute Gasteiger partial charge is 0.436 e. The summed E-state index contributed by atoms with van der Waals surface area (Å²) in [6.07, 6.45) is 1.04. The first-order valence-corrected chi connectivity index (χ1v) is 10.8. The van der Waals surface area contributed by atoms with Gasteiger partial charge < -0.3 is 20.3 Å². The molecule has 1 aromatic rings. The molecule has 0 saturated carbocycles. The quantitative estimate of drug-likeness (QED) is 0.647. The number of rotatable bonds is 9. The maximum atomic E-state index is 12.9. The number of hydrogen-bond acceptors (Lipinski definition) is 5. The number of alkyl carbamates (subject to hydrolysis) is 1. The molecule has 1 atom stereocenters. The van der Waals surface area contributed by atoms with Crippen molar-refractivity contribution in [1.29, 1.82) is 5.26 Å². The van der Waals surface area contributed by atoms with Crippen LogP contribution in [0.5, 0.6) is 0 Å². The van der Waals surface area contributed by atoms with Gasteiger partial charge in [-0.2, -0.15) is 5.26 Å². The summed E-state index contributed by atoms with van der Waals surface area (Å²) in [5.41, 5.74) is 0.0436. The number of benzene rings is 1. The highest BCUT2D eigenvalue weighted by Gasteiger charge is 2.38. The van der Waals surface area contributed by atoms with Crippen LogP contribution in [0.2, 0.25) is 0 Å². The monoisotopic (exact) mass is 414 g/mol. The number of ether oxygens (including phenoxy) is 1. The van der Waals surface area contributed by atoms with Gasteiger partial charge in [-0.05, 0) is 43.7 Å². The molecule has 1 aliphatic heterocycles. The molecule has 1 saturated heterocycles. The Morgan fingerprint density at radius 2 is 1.90 bits per heavy atom. The lowest BCUT2D eigenvalue weighted by Gasteiger charge is -2.38. The lowest BCUT2D eigenvalue weighted by molar-refractivity contribution is -0.132.